The van der Waals surface area contributed by atoms with Gasteiger partial charge in [0.15, 0.2) is 5.78 Å². The van der Waals surface area contributed by atoms with E-state index in [1.807, 2.05) is 42.5 Å². The van der Waals surface area contributed by atoms with Crippen molar-refractivity contribution in [3.8, 4) is 0 Å². The first-order valence-electron chi connectivity index (χ1n) is 12.4. The molecular formula is C31H30N2O3. The van der Waals surface area contributed by atoms with Crippen molar-refractivity contribution in [3.05, 3.63) is 119 Å². The molecule has 5 nitrogen and oxygen atoms in total. The van der Waals surface area contributed by atoms with Crippen molar-refractivity contribution in [1.82, 2.24) is 10.6 Å². The van der Waals surface area contributed by atoms with Crippen LogP contribution in [0.25, 0.3) is 10.8 Å². The molecule has 5 rings (SSSR count). The van der Waals surface area contributed by atoms with Crippen molar-refractivity contribution >= 4 is 22.5 Å². The highest BCUT2D eigenvalue weighted by molar-refractivity contribution is 6.02. The first kappa shape index (κ1) is 23.9. The number of carbonyl (C=O) groups excluding carboxylic acids is 2. The van der Waals surface area contributed by atoms with Crippen molar-refractivity contribution in [2.24, 2.45) is 0 Å². The Kier molecular flexibility index (Phi) is 7.50. The molecule has 4 aromatic rings. The van der Waals surface area contributed by atoms with E-state index in [0.717, 1.165) is 30.6 Å². The van der Waals surface area contributed by atoms with Crippen LogP contribution in [-0.2, 0) is 11.3 Å². The van der Waals surface area contributed by atoms with Crippen molar-refractivity contribution in [1.29, 1.82) is 0 Å². The highest BCUT2D eigenvalue weighted by Crippen LogP contribution is 2.29. The molecule has 2 atom stereocenters. The molecule has 1 aliphatic heterocycles. The van der Waals surface area contributed by atoms with E-state index < -0.39 is 0 Å². The van der Waals surface area contributed by atoms with Crippen molar-refractivity contribution in [3.63, 3.8) is 0 Å². The van der Waals surface area contributed by atoms with Gasteiger partial charge in [0.2, 0.25) is 0 Å². The van der Waals surface area contributed by atoms with Crippen LogP contribution in [0.5, 0.6) is 0 Å². The van der Waals surface area contributed by atoms with Gasteiger partial charge < -0.3 is 15.4 Å². The van der Waals surface area contributed by atoms with Gasteiger partial charge in [-0.15, -0.1) is 0 Å². The molecule has 0 aliphatic carbocycles. The van der Waals surface area contributed by atoms with Crippen LogP contribution in [0.2, 0.25) is 0 Å². The Hall–Kier alpha value is -3.80. The summed E-state index contributed by atoms with van der Waals surface area (Å²) in [7, 11) is 0. The minimum absolute atomic E-state index is 0.0242. The van der Waals surface area contributed by atoms with Crippen LogP contribution in [0.15, 0.2) is 97.1 Å². The van der Waals surface area contributed by atoms with Gasteiger partial charge in [-0.25, -0.2) is 0 Å². The summed E-state index contributed by atoms with van der Waals surface area (Å²) in [5.74, 6) is -0.106. The van der Waals surface area contributed by atoms with Crippen LogP contribution >= 0.6 is 0 Å². The van der Waals surface area contributed by atoms with Crippen molar-refractivity contribution in [2.75, 3.05) is 19.6 Å². The molecular weight excluding hydrogens is 448 g/mol. The molecule has 1 amide bonds. The SMILES string of the molecule is O=C(CNC(=O)c1ccc(C2CCNCC2OCc2ccc3ccccc3c2)cc1)c1ccccc1. The zero-order valence-electron chi connectivity index (χ0n) is 20.2. The third-order valence-corrected chi connectivity index (χ3v) is 6.81. The van der Waals surface area contributed by atoms with Crippen molar-refractivity contribution in [2.45, 2.75) is 25.0 Å². The molecule has 2 unspecified atom stereocenters. The Bertz CT molecular complexity index is 1340. The van der Waals surface area contributed by atoms with E-state index in [1.165, 1.54) is 10.8 Å². The number of fused-ring (bicyclic) bond motifs is 1. The summed E-state index contributed by atoms with van der Waals surface area (Å²) >= 11 is 0. The topological polar surface area (TPSA) is 67.4 Å². The monoisotopic (exact) mass is 478 g/mol. The lowest BCUT2D eigenvalue weighted by atomic mass is 9.87. The number of Topliss-reactive ketones (excluding diaryl/α,β-unsaturated/α-hetero) is 1. The predicted molar refractivity (Wildman–Crippen MR) is 142 cm³/mol. The molecule has 182 valence electrons. The van der Waals surface area contributed by atoms with Crippen LogP contribution in [0, 0.1) is 0 Å². The number of piperidine rings is 1. The zero-order chi connectivity index (χ0) is 24.7. The Balaban J connectivity index is 1.20. The molecule has 36 heavy (non-hydrogen) atoms. The number of carbonyl (C=O) groups is 2. The highest BCUT2D eigenvalue weighted by atomic mass is 16.5. The lowest BCUT2D eigenvalue weighted by Gasteiger charge is -2.32. The van der Waals surface area contributed by atoms with Gasteiger partial charge in [0.1, 0.15) is 0 Å². The second-order valence-corrected chi connectivity index (χ2v) is 9.22. The van der Waals surface area contributed by atoms with Gasteiger partial charge in [-0.1, -0.05) is 78.9 Å². The summed E-state index contributed by atoms with van der Waals surface area (Å²) in [6.07, 6.45) is 1.02. The van der Waals surface area contributed by atoms with E-state index in [0.29, 0.717) is 17.7 Å². The van der Waals surface area contributed by atoms with Crippen LogP contribution in [0.3, 0.4) is 0 Å². The maximum Gasteiger partial charge on any atom is 0.251 e. The summed E-state index contributed by atoms with van der Waals surface area (Å²) in [4.78, 5) is 24.9. The summed E-state index contributed by atoms with van der Waals surface area (Å²) < 4.78 is 6.39. The molecule has 4 aromatic carbocycles. The van der Waals surface area contributed by atoms with E-state index in [1.54, 1.807) is 12.1 Å². The second kappa shape index (κ2) is 11.3. The third-order valence-electron chi connectivity index (χ3n) is 6.81. The van der Waals surface area contributed by atoms with Gasteiger partial charge in [0.25, 0.3) is 5.91 Å². The average molecular weight is 479 g/mol. The smallest absolute Gasteiger partial charge is 0.251 e. The van der Waals surface area contributed by atoms with Gasteiger partial charge >= 0.3 is 0 Å². The van der Waals surface area contributed by atoms with E-state index in [4.69, 9.17) is 4.74 Å². The molecule has 1 saturated heterocycles. The van der Waals surface area contributed by atoms with Crippen LogP contribution in [-0.4, -0.2) is 37.4 Å². The number of nitrogens with one attached hydrogen (secondary N) is 2. The molecule has 0 spiro atoms. The normalized spacial score (nSPS) is 17.6. The van der Waals surface area contributed by atoms with Gasteiger partial charge in [0, 0.05) is 23.6 Å². The van der Waals surface area contributed by atoms with E-state index in [9.17, 15) is 9.59 Å². The summed E-state index contributed by atoms with van der Waals surface area (Å²) in [6.45, 7) is 2.26. The maximum atomic E-state index is 12.6. The molecule has 1 aliphatic rings. The second-order valence-electron chi connectivity index (χ2n) is 9.22. The molecule has 0 bridgehead atoms. The Morgan fingerprint density at radius 1 is 0.833 bits per heavy atom. The van der Waals surface area contributed by atoms with Gasteiger partial charge in [-0.05, 0) is 53.1 Å². The fourth-order valence-corrected chi connectivity index (χ4v) is 4.79. The van der Waals surface area contributed by atoms with Crippen molar-refractivity contribution < 1.29 is 14.3 Å². The first-order chi connectivity index (χ1) is 17.7. The zero-order valence-corrected chi connectivity index (χ0v) is 20.2. The van der Waals surface area contributed by atoms with Gasteiger partial charge in [-0.2, -0.15) is 0 Å². The maximum absolute atomic E-state index is 12.6. The van der Waals surface area contributed by atoms with Gasteiger partial charge in [0.05, 0.1) is 19.3 Å². The molecule has 5 heteroatoms. The fraction of sp³-hybridized carbons (Fsp3) is 0.226. The standard InChI is InChI=1S/C31H30N2O3/c34-29(25-7-2-1-3-8-25)19-33-31(35)26-14-12-24(13-15-26)28-16-17-32-20-30(28)36-21-22-10-11-23-6-4-5-9-27(23)18-22/h1-15,18,28,30,32H,16-17,19-21H2,(H,33,35). The molecule has 0 aromatic heterocycles. The Labute approximate surface area is 211 Å². The van der Waals surface area contributed by atoms with Crippen LogP contribution in [0.1, 0.15) is 44.2 Å². The number of amides is 1. The molecule has 1 heterocycles. The molecule has 2 N–H and O–H groups in total. The predicted octanol–water partition coefficient (Wildman–Crippen LogP) is 5.11. The molecule has 0 radical (unpaired) electrons. The minimum atomic E-state index is -0.250. The van der Waals surface area contributed by atoms with Crippen LogP contribution in [0.4, 0.5) is 0 Å². The lowest BCUT2D eigenvalue weighted by molar-refractivity contribution is 0.0106. The van der Waals surface area contributed by atoms with E-state index in [-0.39, 0.29) is 30.3 Å². The Morgan fingerprint density at radius 2 is 1.58 bits per heavy atom. The number of benzene rings is 4. The molecule has 1 fully saturated rings. The van der Waals surface area contributed by atoms with Crippen LogP contribution < -0.4 is 10.6 Å². The number of hydrogen-bond acceptors (Lipinski definition) is 4. The summed E-state index contributed by atoms with van der Waals surface area (Å²) in [5, 5.41) is 8.63. The number of ketones is 1. The fourth-order valence-electron chi connectivity index (χ4n) is 4.79. The number of ether oxygens (including phenoxy) is 1. The summed E-state index contributed by atoms with van der Waals surface area (Å²) in [5.41, 5.74) is 3.46. The lowest BCUT2D eigenvalue weighted by Crippen LogP contribution is -2.41. The summed E-state index contributed by atoms with van der Waals surface area (Å²) in [6, 6.07) is 31.5. The molecule has 0 saturated carbocycles. The number of hydrogen-bond donors (Lipinski definition) is 2. The van der Waals surface area contributed by atoms with E-state index >= 15 is 0 Å². The van der Waals surface area contributed by atoms with Gasteiger partial charge in [-0.3, -0.25) is 9.59 Å². The number of rotatable bonds is 8. The quantitative estimate of drug-likeness (QED) is 0.345. The minimum Gasteiger partial charge on any atom is -0.372 e. The van der Waals surface area contributed by atoms with E-state index in [2.05, 4.69) is 53.1 Å². The third kappa shape index (κ3) is 5.70. The largest absolute Gasteiger partial charge is 0.372 e. The average Bonchev–Trinajstić information content (AvgIpc) is 2.95. The first-order valence-corrected chi connectivity index (χ1v) is 12.4. The Morgan fingerprint density at radius 3 is 2.39 bits per heavy atom. The highest BCUT2D eigenvalue weighted by Gasteiger charge is 2.27.